The van der Waals surface area contributed by atoms with Crippen LogP contribution in [0.2, 0.25) is 10.0 Å². The molecule has 4 nitrogen and oxygen atoms in total. The van der Waals surface area contributed by atoms with Crippen LogP contribution in [0.3, 0.4) is 0 Å². The summed E-state index contributed by atoms with van der Waals surface area (Å²) >= 11 is 13.1. The molecule has 0 unspecified atom stereocenters. The van der Waals surface area contributed by atoms with Crippen LogP contribution in [0.15, 0.2) is 42.5 Å². The van der Waals surface area contributed by atoms with E-state index in [1.165, 1.54) is 11.8 Å². The van der Waals surface area contributed by atoms with Gasteiger partial charge in [-0.3, -0.25) is 9.59 Å². The number of rotatable bonds is 6. The number of nitrogens with one attached hydrogen (secondary N) is 2. The summed E-state index contributed by atoms with van der Waals surface area (Å²) in [4.78, 5) is 23.7. The molecular weight excluding hydrogens is 367 g/mol. The molecule has 126 valence electrons. The molecule has 0 saturated carbocycles. The lowest BCUT2D eigenvalue weighted by atomic mass is 10.2. The van der Waals surface area contributed by atoms with Crippen LogP contribution in [-0.4, -0.2) is 23.3 Å². The maximum Gasteiger partial charge on any atom is 0.234 e. The molecule has 2 rings (SSSR count). The highest BCUT2D eigenvalue weighted by molar-refractivity contribution is 8.00. The molecule has 0 spiro atoms. The molecule has 0 aliphatic carbocycles. The smallest absolute Gasteiger partial charge is 0.234 e. The van der Waals surface area contributed by atoms with E-state index in [4.69, 9.17) is 23.2 Å². The molecule has 2 N–H and O–H groups in total. The van der Waals surface area contributed by atoms with Crippen molar-refractivity contribution >= 4 is 58.2 Å². The molecule has 7 heteroatoms. The average molecular weight is 383 g/mol. The first kappa shape index (κ1) is 18.6. The molecule has 0 aliphatic heterocycles. The standard InChI is InChI=1S/C17H16Cl2N2O2S/c1-11-2-5-13(6-3-11)20-16(22)9-24-10-17(23)21-15-8-12(18)4-7-14(15)19/h2-8H,9-10H2,1H3,(H,20,22)(H,21,23). The lowest BCUT2D eigenvalue weighted by Gasteiger charge is -2.08. The molecule has 0 atom stereocenters. The summed E-state index contributed by atoms with van der Waals surface area (Å²) in [5.74, 6) is -0.0703. The predicted molar refractivity (Wildman–Crippen MR) is 102 cm³/mol. The lowest BCUT2D eigenvalue weighted by Crippen LogP contribution is -2.18. The number of amides is 2. The highest BCUT2D eigenvalue weighted by Crippen LogP contribution is 2.25. The number of carbonyl (C=O) groups excluding carboxylic acids is 2. The zero-order chi connectivity index (χ0) is 17.5. The quantitative estimate of drug-likeness (QED) is 0.766. The first-order chi connectivity index (χ1) is 11.4. The van der Waals surface area contributed by atoms with Gasteiger partial charge in [-0.1, -0.05) is 40.9 Å². The molecule has 24 heavy (non-hydrogen) atoms. The van der Waals surface area contributed by atoms with E-state index in [1.54, 1.807) is 18.2 Å². The summed E-state index contributed by atoms with van der Waals surface area (Å²) in [6.07, 6.45) is 0. The Morgan fingerprint density at radius 2 is 1.58 bits per heavy atom. The normalized spacial score (nSPS) is 10.3. The van der Waals surface area contributed by atoms with E-state index < -0.39 is 0 Å². The van der Waals surface area contributed by atoms with Crippen LogP contribution in [0.4, 0.5) is 11.4 Å². The van der Waals surface area contributed by atoms with Crippen molar-refractivity contribution in [3.63, 3.8) is 0 Å². The fraction of sp³-hybridized carbons (Fsp3) is 0.176. The molecular formula is C17H16Cl2N2O2S. The molecule has 0 heterocycles. The molecule has 0 radical (unpaired) electrons. The van der Waals surface area contributed by atoms with Gasteiger partial charge in [-0.05, 0) is 37.3 Å². The maximum atomic E-state index is 11.9. The van der Waals surface area contributed by atoms with E-state index >= 15 is 0 Å². The van der Waals surface area contributed by atoms with Crippen LogP contribution in [-0.2, 0) is 9.59 Å². The second-order valence-corrected chi connectivity index (χ2v) is 6.91. The van der Waals surface area contributed by atoms with Crippen molar-refractivity contribution < 1.29 is 9.59 Å². The fourth-order valence-electron chi connectivity index (χ4n) is 1.85. The molecule has 2 aromatic carbocycles. The summed E-state index contributed by atoms with van der Waals surface area (Å²) < 4.78 is 0. The summed E-state index contributed by atoms with van der Waals surface area (Å²) in [6, 6.07) is 12.4. The van der Waals surface area contributed by atoms with Gasteiger partial charge >= 0.3 is 0 Å². The minimum atomic E-state index is -0.243. The summed E-state index contributed by atoms with van der Waals surface area (Å²) in [6.45, 7) is 1.98. The maximum absolute atomic E-state index is 11.9. The van der Waals surface area contributed by atoms with Crippen LogP contribution in [0.1, 0.15) is 5.56 Å². The Labute approximate surface area is 154 Å². The van der Waals surface area contributed by atoms with Crippen LogP contribution in [0, 0.1) is 6.92 Å². The van der Waals surface area contributed by atoms with Gasteiger partial charge in [-0.2, -0.15) is 0 Å². The van der Waals surface area contributed by atoms with E-state index in [1.807, 2.05) is 31.2 Å². The van der Waals surface area contributed by atoms with Gasteiger partial charge in [0.2, 0.25) is 11.8 Å². The first-order valence-electron chi connectivity index (χ1n) is 7.13. The molecule has 2 amide bonds. The zero-order valence-electron chi connectivity index (χ0n) is 12.9. The predicted octanol–water partition coefficient (Wildman–Crippen LogP) is 4.61. The third-order valence-electron chi connectivity index (χ3n) is 3.00. The molecule has 0 bridgehead atoms. The Morgan fingerprint density at radius 3 is 2.25 bits per heavy atom. The van der Waals surface area contributed by atoms with Crippen molar-refractivity contribution in [1.29, 1.82) is 0 Å². The van der Waals surface area contributed by atoms with Crippen LogP contribution in [0.5, 0.6) is 0 Å². The largest absolute Gasteiger partial charge is 0.325 e. The highest BCUT2D eigenvalue weighted by atomic mass is 35.5. The SMILES string of the molecule is Cc1ccc(NC(=O)CSCC(=O)Nc2cc(Cl)ccc2Cl)cc1. The van der Waals surface area contributed by atoms with Crippen LogP contribution >= 0.6 is 35.0 Å². The fourth-order valence-corrected chi connectivity index (χ4v) is 2.80. The number of thioether (sulfide) groups is 1. The van der Waals surface area contributed by atoms with Crippen molar-refractivity contribution in [2.24, 2.45) is 0 Å². The van der Waals surface area contributed by atoms with Gasteiger partial charge in [0.05, 0.1) is 22.2 Å². The summed E-state index contributed by atoms with van der Waals surface area (Å²) in [5.41, 5.74) is 2.32. The van der Waals surface area contributed by atoms with Crippen molar-refractivity contribution in [3.05, 3.63) is 58.1 Å². The third kappa shape index (κ3) is 6.07. The number of aryl methyl sites for hydroxylation is 1. The minimum absolute atomic E-state index is 0.143. The topological polar surface area (TPSA) is 58.2 Å². The van der Waals surface area contributed by atoms with E-state index in [2.05, 4.69) is 10.6 Å². The second-order valence-electron chi connectivity index (χ2n) is 5.08. The number of halogens is 2. The zero-order valence-corrected chi connectivity index (χ0v) is 15.3. The van der Waals surface area contributed by atoms with Crippen LogP contribution in [0.25, 0.3) is 0 Å². The van der Waals surface area contributed by atoms with Crippen molar-refractivity contribution in [1.82, 2.24) is 0 Å². The molecule has 0 fully saturated rings. The lowest BCUT2D eigenvalue weighted by molar-refractivity contribution is -0.114. The van der Waals surface area contributed by atoms with Gasteiger partial charge in [-0.25, -0.2) is 0 Å². The van der Waals surface area contributed by atoms with E-state index in [0.29, 0.717) is 15.7 Å². The van der Waals surface area contributed by atoms with Gasteiger partial charge < -0.3 is 10.6 Å². The molecule has 0 aliphatic rings. The number of hydrogen-bond acceptors (Lipinski definition) is 3. The molecule has 0 saturated heterocycles. The monoisotopic (exact) mass is 382 g/mol. The van der Waals surface area contributed by atoms with E-state index in [-0.39, 0.29) is 23.3 Å². The Balaban J connectivity index is 1.75. The third-order valence-corrected chi connectivity index (χ3v) is 4.50. The minimum Gasteiger partial charge on any atom is -0.325 e. The average Bonchev–Trinajstić information content (AvgIpc) is 2.53. The van der Waals surface area contributed by atoms with E-state index in [0.717, 1.165) is 11.3 Å². The second kappa shape index (κ2) is 8.97. The van der Waals surface area contributed by atoms with E-state index in [9.17, 15) is 9.59 Å². The summed E-state index contributed by atoms with van der Waals surface area (Å²) in [5, 5.41) is 6.35. The number of hydrogen-bond donors (Lipinski definition) is 2. The van der Waals surface area contributed by atoms with Crippen molar-refractivity contribution in [2.75, 3.05) is 22.1 Å². The van der Waals surface area contributed by atoms with Gasteiger partial charge in [0, 0.05) is 10.7 Å². The van der Waals surface area contributed by atoms with Crippen molar-refractivity contribution in [3.8, 4) is 0 Å². The number of carbonyl (C=O) groups is 2. The van der Waals surface area contributed by atoms with Crippen molar-refractivity contribution in [2.45, 2.75) is 6.92 Å². The molecule has 0 aromatic heterocycles. The number of benzene rings is 2. The Bertz CT molecular complexity index is 736. The van der Waals surface area contributed by atoms with Gasteiger partial charge in [0.25, 0.3) is 0 Å². The van der Waals surface area contributed by atoms with Gasteiger partial charge in [-0.15, -0.1) is 11.8 Å². The Kier molecular flexibility index (Phi) is 6.97. The van der Waals surface area contributed by atoms with Gasteiger partial charge in [0.1, 0.15) is 0 Å². The highest BCUT2D eigenvalue weighted by Gasteiger charge is 2.09. The molecule has 2 aromatic rings. The summed E-state index contributed by atoms with van der Waals surface area (Å²) in [7, 11) is 0. The first-order valence-corrected chi connectivity index (χ1v) is 9.04. The van der Waals surface area contributed by atoms with Gasteiger partial charge in [0.15, 0.2) is 0 Å². The number of anilines is 2. The van der Waals surface area contributed by atoms with Crippen LogP contribution < -0.4 is 10.6 Å². The Hall–Kier alpha value is -1.69. The Morgan fingerprint density at radius 1 is 0.958 bits per heavy atom.